The third kappa shape index (κ3) is 8.05. The molecular weight excluding hydrogens is 843 g/mol. The Bertz CT molecular complexity index is 2440. The molecule has 0 fully saturated rings. The van der Waals surface area contributed by atoms with Gasteiger partial charge in [-0.1, -0.05) is 24.3 Å². The second kappa shape index (κ2) is 17.0. The number of carbonyl (C=O) groups excluding carboxylic acids is 1. The molecular formula is C45H32N8O2Tb-2. The van der Waals surface area contributed by atoms with Gasteiger partial charge in [-0.2, -0.15) is 0 Å². The molecule has 0 saturated heterocycles. The molecule has 9 rings (SSSR count). The Kier molecular flexibility index (Phi) is 11.5. The fraction of sp³-hybridized carbons (Fsp3) is 0.0444. The second-order valence-corrected chi connectivity index (χ2v) is 12.7. The molecule has 1 N–H and O–H groups in total. The number of fused-ring (bicyclic) bond motifs is 8. The number of carbonyl (C=O) groups is 1. The first-order valence-corrected chi connectivity index (χ1v) is 17.5. The van der Waals surface area contributed by atoms with E-state index in [2.05, 4.69) is 68.5 Å². The van der Waals surface area contributed by atoms with Gasteiger partial charge in [-0.3, -0.25) is 24.7 Å². The topological polar surface area (TPSA) is 143 Å². The summed E-state index contributed by atoms with van der Waals surface area (Å²) < 4.78 is 0. The van der Waals surface area contributed by atoms with Gasteiger partial charge in [-0.05, 0) is 131 Å². The quantitative estimate of drug-likeness (QED) is 0.131. The van der Waals surface area contributed by atoms with Gasteiger partial charge < -0.3 is 15.1 Å². The molecule has 0 spiro atoms. The summed E-state index contributed by atoms with van der Waals surface area (Å²) in [6.45, 7) is 2.85. The zero-order valence-electron chi connectivity index (χ0n) is 30.2. The Balaban J connectivity index is 0.000000552. The van der Waals surface area contributed by atoms with Crippen LogP contribution in [-0.2, 0) is 4.79 Å². The molecule has 0 atom stereocenters. The molecule has 0 aromatic carbocycles. The van der Waals surface area contributed by atoms with Gasteiger partial charge in [0.1, 0.15) is 0 Å². The minimum absolute atomic E-state index is 0. The van der Waals surface area contributed by atoms with Gasteiger partial charge in [-0.25, -0.2) is 9.97 Å². The van der Waals surface area contributed by atoms with Crippen LogP contribution in [0.2, 0.25) is 0 Å². The van der Waals surface area contributed by atoms with Crippen molar-refractivity contribution in [2.45, 2.75) is 13.8 Å². The van der Waals surface area contributed by atoms with E-state index in [-0.39, 0.29) is 50.2 Å². The van der Waals surface area contributed by atoms with Crippen LogP contribution < -0.4 is 9.97 Å². The van der Waals surface area contributed by atoms with Crippen molar-refractivity contribution >= 4 is 52.2 Å². The Morgan fingerprint density at radius 2 is 0.714 bits per heavy atom. The van der Waals surface area contributed by atoms with Crippen molar-refractivity contribution in [2.24, 2.45) is 0 Å². The maximum absolute atomic E-state index is 10.0. The molecule has 0 aliphatic carbocycles. The largest absolute Gasteiger partial charge is 0.657 e. The first kappa shape index (κ1) is 38.0. The number of aliphatic hydroxyl groups excluding tert-OH is 1. The van der Waals surface area contributed by atoms with Crippen LogP contribution in [0.5, 0.6) is 0 Å². The standard InChI is InChI=1S/C40H24N8.C5H8O2.Tb/c1-2-30-38(26-11-19-42-20-12-26)32-5-6-34(47-32)40(28-15-23-44-24-16-28)36-8-7-35(48-36)39(27-13-21-43-22-14-27)33-4-3-31(46-33)37(29(1)45-30)25-9-17-41-18-10-25;1-4(6)3-5(2)7;/h1-24H;3,6H,1-2H3;/q-2;;/b;4-3-;. The van der Waals surface area contributed by atoms with Crippen molar-refractivity contribution < 1.29 is 48.5 Å². The van der Waals surface area contributed by atoms with Crippen molar-refractivity contribution in [3.63, 3.8) is 0 Å². The Labute approximate surface area is 353 Å². The number of nitrogens with zero attached hydrogens (tertiary/aromatic N) is 8. The van der Waals surface area contributed by atoms with E-state index in [1.54, 1.807) is 49.6 Å². The number of rotatable bonds is 5. The average molecular weight is 876 g/mol. The molecule has 9 heterocycles. The van der Waals surface area contributed by atoms with E-state index in [0.29, 0.717) is 0 Å². The van der Waals surface area contributed by atoms with Gasteiger partial charge in [0.05, 0.1) is 28.5 Å². The van der Waals surface area contributed by atoms with E-state index >= 15 is 0 Å². The van der Waals surface area contributed by atoms with Crippen LogP contribution in [0.25, 0.3) is 90.9 Å². The van der Waals surface area contributed by atoms with Crippen molar-refractivity contribution in [3.05, 3.63) is 157 Å². The summed E-state index contributed by atoms with van der Waals surface area (Å²) in [4.78, 5) is 48.1. The fourth-order valence-electron chi connectivity index (χ4n) is 6.64. The Hall–Kier alpha value is -6.30. The SMILES string of the molecule is C1=Cc2nc1c(-c1ccncc1)c1ccc([n-]1)c(-c1ccncc1)c1nc(c(-c3ccncc3)c3ccc([n-]3)c2-c2ccncc2)C=C1.CC(=O)/C=C(/C)O.[Tb]. The summed E-state index contributed by atoms with van der Waals surface area (Å²) in [5.41, 5.74) is 13.9. The van der Waals surface area contributed by atoms with E-state index in [9.17, 15) is 4.79 Å². The summed E-state index contributed by atoms with van der Waals surface area (Å²) in [6.07, 6.45) is 23.7. The van der Waals surface area contributed by atoms with Gasteiger partial charge in [-0.15, -0.1) is 22.1 Å². The number of ketones is 1. The van der Waals surface area contributed by atoms with Crippen LogP contribution in [0.1, 0.15) is 36.6 Å². The van der Waals surface area contributed by atoms with E-state index in [1.165, 1.54) is 19.9 Å². The molecule has 275 valence electrons. The van der Waals surface area contributed by atoms with E-state index < -0.39 is 0 Å². The smallest absolute Gasteiger partial charge is 0.155 e. The molecule has 0 unspecified atom stereocenters. The minimum Gasteiger partial charge on any atom is -0.657 e. The van der Waals surface area contributed by atoms with E-state index in [0.717, 1.165) is 89.4 Å². The Morgan fingerprint density at radius 3 is 0.911 bits per heavy atom. The first-order chi connectivity index (χ1) is 26.9. The van der Waals surface area contributed by atoms with Crippen LogP contribution >= 0.6 is 0 Å². The Morgan fingerprint density at radius 1 is 0.464 bits per heavy atom. The number of allylic oxidation sites excluding steroid dienone is 2. The van der Waals surface area contributed by atoms with Gasteiger partial charge in [0.15, 0.2) is 5.78 Å². The van der Waals surface area contributed by atoms with Gasteiger partial charge >= 0.3 is 0 Å². The van der Waals surface area contributed by atoms with Crippen LogP contribution in [-0.4, -0.2) is 40.8 Å². The van der Waals surface area contributed by atoms with Crippen LogP contribution in [0.3, 0.4) is 0 Å². The number of aliphatic hydroxyl groups is 1. The summed E-state index contributed by atoms with van der Waals surface area (Å²) >= 11 is 0. The van der Waals surface area contributed by atoms with Gasteiger partial charge in [0.25, 0.3) is 0 Å². The summed E-state index contributed by atoms with van der Waals surface area (Å²) in [5.74, 6) is -0.0625. The predicted molar refractivity (Wildman–Crippen MR) is 217 cm³/mol. The third-order valence-electron chi connectivity index (χ3n) is 8.90. The van der Waals surface area contributed by atoms with Crippen molar-refractivity contribution in [1.29, 1.82) is 0 Å². The van der Waals surface area contributed by atoms with Crippen molar-refractivity contribution in [2.75, 3.05) is 0 Å². The molecule has 2 aliphatic heterocycles. The van der Waals surface area contributed by atoms with Crippen LogP contribution in [0.15, 0.2) is 134 Å². The fourth-order valence-corrected chi connectivity index (χ4v) is 6.64. The predicted octanol–water partition coefficient (Wildman–Crippen LogP) is 9.20. The van der Waals surface area contributed by atoms with Crippen molar-refractivity contribution in [1.82, 2.24) is 39.9 Å². The molecule has 11 heteroatoms. The number of hydrogen-bond donors (Lipinski definition) is 1. The number of hydrogen-bond acceptors (Lipinski definition) is 8. The molecule has 0 saturated carbocycles. The van der Waals surface area contributed by atoms with Gasteiger partial charge in [0, 0.05) is 94.3 Å². The molecule has 0 amide bonds. The summed E-state index contributed by atoms with van der Waals surface area (Å²) in [7, 11) is 0. The maximum Gasteiger partial charge on any atom is 0.155 e. The molecule has 1 radical (unpaired) electrons. The zero-order chi connectivity index (χ0) is 37.7. The molecule has 10 nitrogen and oxygen atoms in total. The average Bonchev–Trinajstić information content (AvgIpc) is 4.04. The van der Waals surface area contributed by atoms with Crippen LogP contribution in [0.4, 0.5) is 0 Å². The van der Waals surface area contributed by atoms with E-state index in [4.69, 9.17) is 25.0 Å². The number of aromatic nitrogens is 8. The third-order valence-corrected chi connectivity index (χ3v) is 8.90. The first-order valence-electron chi connectivity index (χ1n) is 17.5. The molecule has 2 aliphatic rings. The summed E-state index contributed by atoms with van der Waals surface area (Å²) in [5, 5.41) is 8.36. The zero-order valence-corrected chi connectivity index (χ0v) is 32.3. The maximum atomic E-state index is 10.0. The monoisotopic (exact) mass is 875 g/mol. The second-order valence-electron chi connectivity index (χ2n) is 12.7. The van der Waals surface area contributed by atoms with Crippen LogP contribution in [0, 0.1) is 38.6 Å². The van der Waals surface area contributed by atoms with Crippen molar-refractivity contribution in [3.8, 4) is 44.5 Å². The molecule has 56 heavy (non-hydrogen) atoms. The number of pyridine rings is 4. The van der Waals surface area contributed by atoms with Gasteiger partial charge in [0.2, 0.25) is 0 Å². The normalized spacial score (nSPS) is 11.7. The minimum atomic E-state index is -0.125. The molecule has 8 bridgehead atoms. The molecule has 7 aromatic rings. The molecule has 7 aromatic heterocycles. The van der Waals surface area contributed by atoms with E-state index in [1.807, 2.05) is 48.5 Å². The summed E-state index contributed by atoms with van der Waals surface area (Å²) in [6, 6.07) is 24.1.